The van der Waals surface area contributed by atoms with E-state index in [1.54, 1.807) is 0 Å². The van der Waals surface area contributed by atoms with E-state index < -0.39 is 30.2 Å². The van der Waals surface area contributed by atoms with Gasteiger partial charge in [0.15, 0.2) is 11.5 Å². The van der Waals surface area contributed by atoms with Crippen LogP contribution in [0.3, 0.4) is 0 Å². The van der Waals surface area contributed by atoms with Crippen molar-refractivity contribution in [2.45, 2.75) is 17.5 Å². The maximum absolute atomic E-state index is 15.5. The minimum absolute atomic E-state index is 0.0243. The normalized spacial score (nSPS) is 30.5. The van der Waals surface area contributed by atoms with E-state index in [0.717, 1.165) is 4.52 Å². The highest BCUT2D eigenvalue weighted by atomic mass is 127. The number of alkyl halides is 2. The summed E-state index contributed by atoms with van der Waals surface area (Å²) in [5, 5.41) is 17.3. The zero-order valence-electron chi connectivity index (χ0n) is 11.4. The number of aromatic nitrogens is 3. The van der Waals surface area contributed by atoms with E-state index in [0.29, 0.717) is 0 Å². The molecule has 1 fully saturated rings. The topological polar surface area (TPSA) is 134 Å². The number of nitrogens with two attached hydrogens (primary N) is 1. The molecule has 1 aliphatic heterocycles. The summed E-state index contributed by atoms with van der Waals surface area (Å²) in [5.74, 6) is -0.170. The number of azide groups is 1. The zero-order valence-corrected chi connectivity index (χ0v) is 13.6. The van der Waals surface area contributed by atoms with Crippen LogP contribution in [0.2, 0.25) is 0 Å². The van der Waals surface area contributed by atoms with Gasteiger partial charge < -0.3 is 15.6 Å². The summed E-state index contributed by atoms with van der Waals surface area (Å²) < 4.78 is 35.1. The first kappa shape index (κ1) is 16.1. The molecule has 9 nitrogen and oxygen atoms in total. The van der Waals surface area contributed by atoms with Crippen molar-refractivity contribution in [3.05, 3.63) is 34.3 Å². The third-order valence-corrected chi connectivity index (χ3v) is 4.83. The molecule has 3 rings (SSSR count). The molecule has 3 heterocycles. The number of nitrogens with zero attached hydrogens (tertiary/aromatic N) is 6. The average molecular weight is 437 g/mol. The first-order valence-electron chi connectivity index (χ1n) is 6.32. The highest BCUT2D eigenvalue weighted by Gasteiger charge is 2.60. The van der Waals surface area contributed by atoms with Crippen molar-refractivity contribution in [3.8, 4) is 0 Å². The van der Waals surface area contributed by atoms with Crippen molar-refractivity contribution >= 4 is 33.9 Å². The molecular weight excluding hydrogens is 427 g/mol. The van der Waals surface area contributed by atoms with Gasteiger partial charge in [0.25, 0.3) is 0 Å². The number of nitrogen functional groups attached to an aromatic ring is 1. The molecule has 0 bridgehead atoms. The summed E-state index contributed by atoms with van der Waals surface area (Å²) in [6.07, 6.45) is -2.94. The van der Waals surface area contributed by atoms with Gasteiger partial charge in [0.05, 0.1) is 12.3 Å². The number of aliphatic hydroxyl groups excluding tert-OH is 1. The molecule has 1 saturated heterocycles. The first-order valence-corrected chi connectivity index (χ1v) is 7.85. The minimum atomic E-state index is -2.46. The summed E-state index contributed by atoms with van der Waals surface area (Å²) in [6, 6.07) is 2.70. The molecule has 0 amide bonds. The minimum Gasteiger partial charge on any atom is -0.386 e. The van der Waals surface area contributed by atoms with Gasteiger partial charge in [-0.2, -0.15) is 9.37 Å². The number of anilines is 1. The molecule has 0 aromatic carbocycles. The molecule has 0 aliphatic carbocycles. The molecule has 122 valence electrons. The molecule has 0 spiro atoms. The predicted molar refractivity (Wildman–Crippen MR) is 82.9 cm³/mol. The molecule has 2 aromatic rings. The standard InChI is InChI=1S/C11H10F2IN7O2/c12-9-17-7(15)5-1-2-6(21(5)18-9)10(13)4-23-11(3-14,8(10)22)19-20-16/h1-2,8,22H,3-4H2,(H2,15,17,18)/t8-,10-,11?/m0/s1. The summed E-state index contributed by atoms with van der Waals surface area (Å²) >= 11 is 1.82. The van der Waals surface area contributed by atoms with Gasteiger partial charge in [-0.15, -0.1) is 5.10 Å². The molecule has 12 heteroatoms. The van der Waals surface area contributed by atoms with E-state index in [4.69, 9.17) is 16.0 Å². The van der Waals surface area contributed by atoms with Gasteiger partial charge in [-0.3, -0.25) is 0 Å². The van der Waals surface area contributed by atoms with Gasteiger partial charge >= 0.3 is 6.08 Å². The van der Waals surface area contributed by atoms with Crippen LogP contribution in [0, 0.1) is 6.08 Å². The largest absolute Gasteiger partial charge is 0.386 e. The van der Waals surface area contributed by atoms with E-state index in [1.165, 1.54) is 12.1 Å². The Labute approximate surface area is 141 Å². The van der Waals surface area contributed by atoms with Gasteiger partial charge in [0.1, 0.15) is 11.6 Å². The Kier molecular flexibility index (Phi) is 3.78. The van der Waals surface area contributed by atoms with Crippen LogP contribution in [0.5, 0.6) is 0 Å². The monoisotopic (exact) mass is 437 g/mol. The Morgan fingerprint density at radius 1 is 1.65 bits per heavy atom. The Balaban J connectivity index is 2.17. The SMILES string of the molecule is [N-]=[N+]=NC1(CI)OC[C@](F)(c2ccc3c(N)nc(F)nn23)[C@@H]1O. The second kappa shape index (κ2) is 5.40. The Hall–Kier alpha value is -1.76. The number of hydrogen-bond acceptors (Lipinski definition) is 6. The summed E-state index contributed by atoms with van der Waals surface area (Å²) in [6.45, 7) is -0.589. The van der Waals surface area contributed by atoms with E-state index in [2.05, 4.69) is 20.1 Å². The Morgan fingerprint density at radius 3 is 3.04 bits per heavy atom. The van der Waals surface area contributed by atoms with E-state index >= 15 is 4.39 Å². The number of rotatable bonds is 3. The molecule has 23 heavy (non-hydrogen) atoms. The van der Waals surface area contributed by atoms with Crippen LogP contribution in [-0.4, -0.2) is 42.6 Å². The fourth-order valence-electron chi connectivity index (χ4n) is 2.56. The van der Waals surface area contributed by atoms with Crippen LogP contribution in [0.1, 0.15) is 5.69 Å². The first-order chi connectivity index (χ1) is 10.9. The van der Waals surface area contributed by atoms with E-state index in [1.807, 2.05) is 22.6 Å². The molecule has 2 aromatic heterocycles. The average Bonchev–Trinajstić information content (AvgIpc) is 3.04. The highest BCUT2D eigenvalue weighted by Crippen LogP contribution is 2.45. The fourth-order valence-corrected chi connectivity index (χ4v) is 3.35. The van der Waals surface area contributed by atoms with Gasteiger partial charge in [0.2, 0.25) is 5.67 Å². The van der Waals surface area contributed by atoms with Crippen molar-refractivity contribution < 1.29 is 18.6 Å². The molecule has 0 saturated carbocycles. The zero-order chi connectivity index (χ0) is 16.8. The van der Waals surface area contributed by atoms with Crippen LogP contribution in [0.4, 0.5) is 14.6 Å². The van der Waals surface area contributed by atoms with Crippen molar-refractivity contribution in [1.29, 1.82) is 0 Å². The maximum Gasteiger partial charge on any atom is 0.327 e. The molecule has 1 unspecified atom stereocenters. The van der Waals surface area contributed by atoms with E-state index in [9.17, 15) is 9.50 Å². The summed E-state index contributed by atoms with van der Waals surface area (Å²) in [5.41, 5.74) is 10.0. The van der Waals surface area contributed by atoms with Crippen LogP contribution < -0.4 is 5.73 Å². The fraction of sp³-hybridized carbons (Fsp3) is 0.455. The van der Waals surface area contributed by atoms with Crippen molar-refractivity contribution in [1.82, 2.24) is 14.6 Å². The number of hydrogen-bond donors (Lipinski definition) is 2. The van der Waals surface area contributed by atoms with Crippen molar-refractivity contribution in [2.75, 3.05) is 16.8 Å². The molecule has 1 aliphatic rings. The quantitative estimate of drug-likeness (QED) is 0.247. The third-order valence-electron chi connectivity index (χ3n) is 3.74. The van der Waals surface area contributed by atoms with Gasteiger partial charge in [-0.05, 0) is 17.7 Å². The number of halogens is 3. The second-order valence-electron chi connectivity index (χ2n) is 5.00. The smallest absolute Gasteiger partial charge is 0.327 e. The molecular formula is C11H10F2IN7O2. The molecule has 3 N–H and O–H groups in total. The maximum atomic E-state index is 15.5. The van der Waals surface area contributed by atoms with Crippen LogP contribution in [-0.2, 0) is 10.4 Å². The van der Waals surface area contributed by atoms with Gasteiger partial charge in [0, 0.05) is 9.34 Å². The van der Waals surface area contributed by atoms with Crippen molar-refractivity contribution in [2.24, 2.45) is 5.11 Å². The summed E-state index contributed by atoms with van der Waals surface area (Å²) in [4.78, 5) is 5.96. The van der Waals surface area contributed by atoms with Gasteiger partial charge in [-0.1, -0.05) is 27.7 Å². The third kappa shape index (κ3) is 2.21. The van der Waals surface area contributed by atoms with E-state index in [-0.39, 0.29) is 21.5 Å². The highest BCUT2D eigenvalue weighted by molar-refractivity contribution is 14.1. The van der Waals surface area contributed by atoms with Crippen LogP contribution >= 0.6 is 22.6 Å². The summed E-state index contributed by atoms with van der Waals surface area (Å²) in [7, 11) is 0. The van der Waals surface area contributed by atoms with Crippen molar-refractivity contribution in [3.63, 3.8) is 0 Å². The number of aliphatic hydroxyl groups is 1. The Morgan fingerprint density at radius 2 is 2.39 bits per heavy atom. The lowest BCUT2D eigenvalue weighted by Crippen LogP contribution is -2.46. The number of ether oxygens (including phenoxy) is 1. The lowest BCUT2D eigenvalue weighted by atomic mass is 9.92. The predicted octanol–water partition coefficient (Wildman–Crippen LogP) is 1.45. The van der Waals surface area contributed by atoms with Crippen LogP contribution in [0.15, 0.2) is 17.2 Å². The second-order valence-corrected chi connectivity index (χ2v) is 5.77. The molecule has 3 atom stereocenters. The van der Waals surface area contributed by atoms with Gasteiger partial charge in [-0.25, -0.2) is 8.91 Å². The number of fused-ring (bicyclic) bond motifs is 1. The lowest BCUT2D eigenvalue weighted by Gasteiger charge is -2.28. The lowest BCUT2D eigenvalue weighted by molar-refractivity contribution is -0.0471. The van der Waals surface area contributed by atoms with Crippen LogP contribution in [0.25, 0.3) is 16.0 Å². The molecule has 0 radical (unpaired) electrons. The Bertz CT molecular complexity index is 826.